The molecule has 5 nitrogen and oxygen atoms in total. The molecular weight excluding hydrogens is 308 g/mol. The van der Waals surface area contributed by atoms with Crippen LogP contribution in [0.5, 0.6) is 0 Å². The summed E-state index contributed by atoms with van der Waals surface area (Å²) in [6.07, 6.45) is 2.49. The molecule has 0 amide bonds. The summed E-state index contributed by atoms with van der Waals surface area (Å²) < 4.78 is 28.3. The zero-order valence-electron chi connectivity index (χ0n) is 12.2. The van der Waals surface area contributed by atoms with E-state index < -0.39 is 10.0 Å². The van der Waals surface area contributed by atoms with Crippen LogP contribution in [0.1, 0.15) is 24.6 Å². The van der Waals surface area contributed by atoms with Gasteiger partial charge < -0.3 is 9.67 Å². The van der Waals surface area contributed by atoms with E-state index in [0.29, 0.717) is 18.8 Å². The summed E-state index contributed by atoms with van der Waals surface area (Å²) in [5.41, 5.74) is 1.60. The molecule has 0 radical (unpaired) electrons. The van der Waals surface area contributed by atoms with Crippen LogP contribution in [-0.4, -0.2) is 29.4 Å². The lowest BCUT2D eigenvalue weighted by Gasteiger charge is -2.15. The van der Waals surface area contributed by atoms with Crippen molar-refractivity contribution in [3.8, 4) is 0 Å². The normalized spacial score (nSPS) is 12.2. The van der Waals surface area contributed by atoms with Gasteiger partial charge in [0.15, 0.2) is 0 Å². The maximum absolute atomic E-state index is 12.6. The molecule has 7 heteroatoms. The predicted molar refractivity (Wildman–Crippen MR) is 83.6 cm³/mol. The molecule has 1 N–H and O–H groups in total. The Morgan fingerprint density at radius 1 is 1.43 bits per heavy atom. The van der Waals surface area contributed by atoms with Gasteiger partial charge in [-0.2, -0.15) is 15.6 Å². The van der Waals surface area contributed by atoms with Crippen molar-refractivity contribution in [1.82, 2.24) is 8.87 Å². The first kappa shape index (κ1) is 16.2. The van der Waals surface area contributed by atoms with Gasteiger partial charge in [-0.15, -0.1) is 0 Å². The van der Waals surface area contributed by atoms with Gasteiger partial charge in [0, 0.05) is 32.0 Å². The van der Waals surface area contributed by atoms with Gasteiger partial charge in [0.05, 0.1) is 6.61 Å². The average molecular weight is 328 g/mol. The highest BCUT2D eigenvalue weighted by molar-refractivity contribution is 7.89. The molecule has 0 fully saturated rings. The number of thiophene rings is 1. The Hall–Kier alpha value is -1.15. The molecule has 116 valence electrons. The molecule has 0 bridgehead atoms. The number of aliphatic hydroxyl groups is 1. The van der Waals surface area contributed by atoms with E-state index in [0.717, 1.165) is 12.0 Å². The van der Waals surface area contributed by atoms with E-state index in [1.165, 1.54) is 4.31 Å². The summed E-state index contributed by atoms with van der Waals surface area (Å²) in [6, 6.07) is 3.47. The summed E-state index contributed by atoms with van der Waals surface area (Å²) in [4.78, 5) is 0.234. The molecule has 0 atom stereocenters. The SMILES string of the molecule is CCCn1cc(S(=O)(=O)N(C)Cc2ccsc2)cc1CO. The molecule has 0 saturated heterocycles. The fourth-order valence-electron chi connectivity index (χ4n) is 2.15. The third-order valence-electron chi connectivity index (χ3n) is 3.28. The van der Waals surface area contributed by atoms with Crippen molar-refractivity contribution in [2.45, 2.75) is 37.9 Å². The van der Waals surface area contributed by atoms with Crippen LogP contribution in [0.4, 0.5) is 0 Å². The highest BCUT2D eigenvalue weighted by atomic mass is 32.2. The van der Waals surface area contributed by atoms with E-state index in [-0.39, 0.29) is 11.5 Å². The first-order valence-corrected chi connectivity index (χ1v) is 9.14. The van der Waals surface area contributed by atoms with E-state index in [9.17, 15) is 13.5 Å². The molecule has 0 aliphatic rings. The minimum atomic E-state index is -3.54. The monoisotopic (exact) mass is 328 g/mol. The number of sulfonamides is 1. The van der Waals surface area contributed by atoms with Gasteiger partial charge in [0.2, 0.25) is 10.0 Å². The summed E-state index contributed by atoms with van der Waals surface area (Å²) in [5, 5.41) is 13.2. The fraction of sp³-hybridized carbons (Fsp3) is 0.429. The quantitative estimate of drug-likeness (QED) is 0.848. The third-order valence-corrected chi connectivity index (χ3v) is 5.78. The maximum Gasteiger partial charge on any atom is 0.244 e. The van der Waals surface area contributed by atoms with Crippen LogP contribution in [0.25, 0.3) is 0 Å². The van der Waals surface area contributed by atoms with Crippen molar-refractivity contribution in [2.75, 3.05) is 7.05 Å². The van der Waals surface area contributed by atoms with E-state index in [2.05, 4.69) is 0 Å². The molecule has 2 rings (SSSR count). The minimum Gasteiger partial charge on any atom is -0.390 e. The number of aromatic nitrogens is 1. The Labute approximate surface area is 129 Å². The molecule has 0 aromatic carbocycles. The molecule has 2 aromatic rings. The van der Waals surface area contributed by atoms with Crippen molar-refractivity contribution in [1.29, 1.82) is 0 Å². The topological polar surface area (TPSA) is 62.5 Å². The van der Waals surface area contributed by atoms with Crippen molar-refractivity contribution >= 4 is 21.4 Å². The van der Waals surface area contributed by atoms with E-state index >= 15 is 0 Å². The molecule has 0 spiro atoms. The number of hydrogen-bond donors (Lipinski definition) is 1. The summed E-state index contributed by atoms with van der Waals surface area (Å²) in [7, 11) is -1.97. The molecular formula is C14H20N2O3S2. The average Bonchev–Trinajstić information content (AvgIpc) is 3.08. The highest BCUT2D eigenvalue weighted by Gasteiger charge is 2.23. The first-order chi connectivity index (χ1) is 9.98. The van der Waals surface area contributed by atoms with Crippen LogP contribution in [0, 0.1) is 0 Å². The van der Waals surface area contributed by atoms with E-state index in [1.807, 2.05) is 23.8 Å². The van der Waals surface area contributed by atoms with Crippen molar-refractivity contribution < 1.29 is 13.5 Å². The van der Waals surface area contributed by atoms with E-state index in [1.54, 1.807) is 35.2 Å². The highest BCUT2D eigenvalue weighted by Crippen LogP contribution is 2.21. The Bertz CT molecular complexity index is 675. The second-order valence-electron chi connectivity index (χ2n) is 4.91. The predicted octanol–water partition coefficient (Wildman–Crippen LogP) is 2.27. The fourth-order valence-corrected chi connectivity index (χ4v) is 4.04. The van der Waals surface area contributed by atoms with Crippen LogP contribution >= 0.6 is 11.3 Å². The summed E-state index contributed by atoms with van der Waals surface area (Å²) in [6.45, 7) is 2.89. The molecule has 0 saturated carbocycles. The number of hydrogen-bond acceptors (Lipinski definition) is 4. The van der Waals surface area contributed by atoms with Crippen molar-refractivity contribution in [2.24, 2.45) is 0 Å². The number of rotatable bonds is 7. The number of aryl methyl sites for hydroxylation is 1. The van der Waals surface area contributed by atoms with Gasteiger partial charge in [-0.3, -0.25) is 0 Å². The Morgan fingerprint density at radius 2 is 2.19 bits per heavy atom. The standard InChI is InChI=1S/C14H20N2O3S2/c1-3-5-16-9-14(7-13(16)10-17)21(18,19)15(2)8-12-4-6-20-11-12/h4,6-7,9,11,17H,3,5,8,10H2,1-2H3. The lowest BCUT2D eigenvalue weighted by molar-refractivity contribution is 0.270. The smallest absolute Gasteiger partial charge is 0.244 e. The maximum atomic E-state index is 12.6. The summed E-state index contributed by atoms with van der Waals surface area (Å²) >= 11 is 1.55. The molecule has 21 heavy (non-hydrogen) atoms. The van der Waals surface area contributed by atoms with Crippen LogP contribution < -0.4 is 0 Å². The molecule has 0 unspecified atom stereocenters. The van der Waals surface area contributed by atoms with Gasteiger partial charge in [0.1, 0.15) is 4.90 Å². The van der Waals surface area contributed by atoms with Crippen molar-refractivity contribution in [3.63, 3.8) is 0 Å². The first-order valence-electron chi connectivity index (χ1n) is 6.76. The lowest BCUT2D eigenvalue weighted by atomic mass is 10.3. The van der Waals surface area contributed by atoms with Crippen molar-refractivity contribution in [3.05, 3.63) is 40.3 Å². The molecule has 2 heterocycles. The van der Waals surface area contributed by atoms with E-state index in [4.69, 9.17) is 0 Å². The molecule has 2 aromatic heterocycles. The summed E-state index contributed by atoms with van der Waals surface area (Å²) in [5.74, 6) is 0. The number of nitrogens with zero attached hydrogens (tertiary/aromatic N) is 2. The zero-order chi connectivity index (χ0) is 15.5. The Morgan fingerprint density at radius 3 is 2.76 bits per heavy atom. The van der Waals surface area contributed by atoms with Gasteiger partial charge in [-0.25, -0.2) is 8.42 Å². The molecule has 0 aliphatic heterocycles. The Balaban J connectivity index is 2.26. The molecule has 0 aliphatic carbocycles. The zero-order valence-corrected chi connectivity index (χ0v) is 13.8. The van der Waals surface area contributed by atoms with Crippen LogP contribution in [-0.2, 0) is 29.7 Å². The minimum absolute atomic E-state index is 0.163. The Kier molecular flexibility index (Phi) is 5.21. The van der Waals surface area contributed by atoms with Gasteiger partial charge in [-0.05, 0) is 34.9 Å². The van der Waals surface area contributed by atoms with Gasteiger partial charge in [-0.1, -0.05) is 6.92 Å². The second-order valence-corrected chi connectivity index (χ2v) is 7.74. The second kappa shape index (κ2) is 6.74. The van der Waals surface area contributed by atoms with Crippen LogP contribution in [0.2, 0.25) is 0 Å². The number of aliphatic hydroxyl groups excluding tert-OH is 1. The van der Waals surface area contributed by atoms with Crippen LogP contribution in [0.3, 0.4) is 0 Å². The lowest BCUT2D eigenvalue weighted by Crippen LogP contribution is -2.26. The van der Waals surface area contributed by atoms with Gasteiger partial charge >= 0.3 is 0 Å². The largest absolute Gasteiger partial charge is 0.390 e. The van der Waals surface area contributed by atoms with Gasteiger partial charge in [0.25, 0.3) is 0 Å². The third kappa shape index (κ3) is 3.55. The van der Waals surface area contributed by atoms with Crippen LogP contribution in [0.15, 0.2) is 34.0 Å².